The molecular weight excluding hydrogens is 220 g/mol. The Morgan fingerprint density at radius 3 is 2.33 bits per heavy atom. The maximum Gasteiger partial charge on any atom is 0.209 e. The average molecular weight is 231 g/mol. The third-order valence-corrected chi connectivity index (χ3v) is 2.36. The van der Waals surface area contributed by atoms with E-state index in [1.165, 1.54) is 12.1 Å². The summed E-state index contributed by atoms with van der Waals surface area (Å²) in [6, 6.07) is 5.89. The standard InChI is InChI=1S/C8H11N2O4S/c1-15(13,14)9-6-7-2-4-8(5-3-7)10(11)12/h2-5,9,11H,6H2,1H3/q-1. The van der Waals surface area contributed by atoms with Gasteiger partial charge in [0.1, 0.15) is 0 Å². The van der Waals surface area contributed by atoms with E-state index < -0.39 is 10.0 Å². The maximum absolute atomic E-state index is 10.8. The third kappa shape index (κ3) is 4.26. The van der Waals surface area contributed by atoms with E-state index in [4.69, 9.17) is 5.21 Å². The number of hydrogen-bond donors (Lipinski definition) is 2. The van der Waals surface area contributed by atoms with E-state index in [2.05, 4.69) is 4.72 Å². The fraction of sp³-hybridized carbons (Fsp3) is 0.250. The molecule has 84 valence electrons. The van der Waals surface area contributed by atoms with Gasteiger partial charge in [0.25, 0.3) is 0 Å². The summed E-state index contributed by atoms with van der Waals surface area (Å²) in [4.78, 5) is 0. The lowest BCUT2D eigenvalue weighted by molar-refractivity contribution is 0.296. The SMILES string of the molecule is CS(=O)(=O)NCc1ccc(N([O-])O)cc1. The van der Waals surface area contributed by atoms with E-state index in [9.17, 15) is 13.6 Å². The van der Waals surface area contributed by atoms with Crippen LogP contribution in [0, 0.1) is 5.21 Å². The minimum Gasteiger partial charge on any atom is -0.733 e. The summed E-state index contributed by atoms with van der Waals surface area (Å²) in [7, 11) is -3.22. The van der Waals surface area contributed by atoms with Crippen molar-refractivity contribution >= 4 is 15.7 Å². The van der Waals surface area contributed by atoms with E-state index >= 15 is 0 Å². The van der Waals surface area contributed by atoms with E-state index in [1.807, 2.05) is 0 Å². The lowest BCUT2D eigenvalue weighted by Gasteiger charge is -2.21. The Morgan fingerprint density at radius 1 is 1.40 bits per heavy atom. The lowest BCUT2D eigenvalue weighted by Crippen LogP contribution is -2.21. The van der Waals surface area contributed by atoms with Crippen LogP contribution in [0.25, 0.3) is 0 Å². The van der Waals surface area contributed by atoms with Gasteiger partial charge in [0.05, 0.1) is 11.9 Å². The molecule has 6 nitrogen and oxygen atoms in total. The van der Waals surface area contributed by atoms with Crippen molar-refractivity contribution in [3.63, 3.8) is 0 Å². The zero-order chi connectivity index (χ0) is 11.5. The van der Waals surface area contributed by atoms with Gasteiger partial charge in [0.2, 0.25) is 10.0 Å². The zero-order valence-corrected chi connectivity index (χ0v) is 8.86. The Hall–Kier alpha value is -1.15. The molecule has 0 radical (unpaired) electrons. The number of hydrogen-bond acceptors (Lipinski definition) is 5. The molecule has 0 aromatic heterocycles. The van der Waals surface area contributed by atoms with E-state index in [0.29, 0.717) is 5.56 Å². The second kappa shape index (κ2) is 4.58. The largest absolute Gasteiger partial charge is 0.733 e. The summed E-state index contributed by atoms with van der Waals surface area (Å²) < 4.78 is 23.8. The van der Waals surface area contributed by atoms with Crippen molar-refractivity contribution in [2.75, 3.05) is 11.5 Å². The minimum absolute atomic E-state index is 0.0955. The van der Waals surface area contributed by atoms with Crippen molar-refractivity contribution in [1.29, 1.82) is 0 Å². The van der Waals surface area contributed by atoms with Crippen molar-refractivity contribution in [3.05, 3.63) is 35.0 Å². The first-order chi connectivity index (χ1) is 6.88. The number of anilines is 1. The van der Waals surface area contributed by atoms with Crippen molar-refractivity contribution in [3.8, 4) is 0 Å². The van der Waals surface area contributed by atoms with Crippen LogP contribution in [0.3, 0.4) is 0 Å². The summed E-state index contributed by atoms with van der Waals surface area (Å²) >= 11 is 0. The van der Waals surface area contributed by atoms with Gasteiger partial charge in [-0.15, -0.1) is 0 Å². The van der Waals surface area contributed by atoms with Gasteiger partial charge in [-0.1, -0.05) is 12.1 Å². The van der Waals surface area contributed by atoms with Gasteiger partial charge in [-0.3, -0.25) is 5.21 Å². The highest BCUT2D eigenvalue weighted by Gasteiger charge is 2.00. The van der Waals surface area contributed by atoms with Gasteiger partial charge in [0.15, 0.2) is 0 Å². The molecule has 0 unspecified atom stereocenters. The quantitative estimate of drug-likeness (QED) is 0.733. The fourth-order valence-electron chi connectivity index (χ4n) is 0.956. The summed E-state index contributed by atoms with van der Waals surface area (Å²) in [5.41, 5.74) is 0.795. The van der Waals surface area contributed by atoms with Gasteiger partial charge in [-0.25, -0.2) is 13.1 Å². The second-order valence-corrected chi connectivity index (χ2v) is 4.87. The average Bonchev–Trinajstić information content (AvgIpc) is 2.14. The van der Waals surface area contributed by atoms with Crippen LogP contribution in [0.4, 0.5) is 5.69 Å². The second-order valence-electron chi connectivity index (χ2n) is 3.03. The molecule has 0 aliphatic heterocycles. The molecule has 0 aliphatic carbocycles. The molecule has 0 heterocycles. The van der Waals surface area contributed by atoms with Gasteiger partial charge >= 0.3 is 0 Å². The fourth-order valence-corrected chi connectivity index (χ4v) is 1.38. The monoisotopic (exact) mass is 231 g/mol. The smallest absolute Gasteiger partial charge is 0.209 e. The van der Waals surface area contributed by atoms with Crippen LogP contribution < -0.4 is 9.95 Å². The maximum atomic E-state index is 10.8. The van der Waals surface area contributed by atoms with Crippen LogP contribution >= 0.6 is 0 Å². The Bertz CT molecular complexity index is 413. The highest BCUT2D eigenvalue weighted by atomic mass is 32.2. The molecule has 1 aromatic carbocycles. The Labute approximate surface area is 87.7 Å². The van der Waals surface area contributed by atoms with E-state index in [1.54, 1.807) is 12.1 Å². The summed E-state index contributed by atoms with van der Waals surface area (Å²) in [5.74, 6) is 0. The molecule has 15 heavy (non-hydrogen) atoms. The number of nitrogens with one attached hydrogen (secondary N) is 1. The molecule has 0 bridgehead atoms. The van der Waals surface area contributed by atoms with Crippen LogP contribution in [0.1, 0.15) is 5.56 Å². The van der Waals surface area contributed by atoms with Crippen molar-refractivity contribution in [1.82, 2.24) is 4.72 Å². The van der Waals surface area contributed by atoms with Crippen molar-refractivity contribution in [2.24, 2.45) is 0 Å². The molecule has 0 saturated carbocycles. The number of nitrogens with zero attached hydrogens (tertiary/aromatic N) is 1. The van der Waals surface area contributed by atoms with Crippen molar-refractivity contribution < 1.29 is 13.6 Å². The van der Waals surface area contributed by atoms with E-state index in [0.717, 1.165) is 6.26 Å². The van der Waals surface area contributed by atoms with Crippen molar-refractivity contribution in [2.45, 2.75) is 6.54 Å². The predicted octanol–water partition coefficient (Wildman–Crippen LogP) is 0.429. The topological polar surface area (TPSA) is 92.7 Å². The Balaban J connectivity index is 2.65. The molecule has 1 rings (SSSR count). The van der Waals surface area contributed by atoms with Crippen LogP contribution in [0.2, 0.25) is 0 Å². The van der Waals surface area contributed by atoms with Gasteiger partial charge in [-0.2, -0.15) is 0 Å². The molecule has 0 aliphatic rings. The first-order valence-corrected chi connectivity index (χ1v) is 5.97. The number of sulfonamides is 1. The van der Waals surface area contributed by atoms with Gasteiger partial charge < -0.3 is 10.4 Å². The summed E-state index contributed by atoms with van der Waals surface area (Å²) in [5, 5.41) is 18.7. The number of rotatable bonds is 4. The highest BCUT2D eigenvalue weighted by Crippen LogP contribution is 2.12. The molecule has 2 N–H and O–H groups in total. The lowest BCUT2D eigenvalue weighted by atomic mass is 10.2. The summed E-state index contributed by atoms with van der Waals surface area (Å²) in [6.45, 7) is 0.156. The molecule has 0 amide bonds. The van der Waals surface area contributed by atoms with E-state index in [-0.39, 0.29) is 17.5 Å². The molecule has 1 aromatic rings. The Morgan fingerprint density at radius 2 is 1.93 bits per heavy atom. The molecule has 0 spiro atoms. The Kier molecular flexibility index (Phi) is 3.64. The normalized spacial score (nSPS) is 11.4. The van der Waals surface area contributed by atoms with Crippen LogP contribution in [0.5, 0.6) is 0 Å². The first kappa shape index (κ1) is 11.9. The van der Waals surface area contributed by atoms with Gasteiger partial charge in [0, 0.05) is 6.54 Å². The highest BCUT2D eigenvalue weighted by molar-refractivity contribution is 7.88. The third-order valence-electron chi connectivity index (χ3n) is 1.70. The molecule has 7 heteroatoms. The first-order valence-electron chi connectivity index (χ1n) is 4.08. The minimum atomic E-state index is -3.22. The summed E-state index contributed by atoms with van der Waals surface area (Å²) in [6.07, 6.45) is 1.06. The predicted molar refractivity (Wildman–Crippen MR) is 55.8 cm³/mol. The molecule has 0 atom stereocenters. The van der Waals surface area contributed by atoms with Crippen LogP contribution in [0.15, 0.2) is 24.3 Å². The number of benzene rings is 1. The van der Waals surface area contributed by atoms with Crippen LogP contribution in [-0.4, -0.2) is 19.9 Å². The zero-order valence-electron chi connectivity index (χ0n) is 8.04. The molecule has 0 fully saturated rings. The molecule has 0 saturated heterocycles. The van der Waals surface area contributed by atoms with Gasteiger partial charge in [-0.05, 0) is 17.7 Å². The molecular formula is C8H11N2O4S-. The van der Waals surface area contributed by atoms with Crippen LogP contribution in [-0.2, 0) is 16.6 Å².